The number of hydrogen-bond donors (Lipinski definition) is 0. The smallest absolute Gasteiger partial charge is 0.0991 e. The van der Waals surface area contributed by atoms with Gasteiger partial charge in [0.05, 0.1) is 11.6 Å². The van der Waals surface area contributed by atoms with E-state index in [1.165, 1.54) is 43.8 Å². The first kappa shape index (κ1) is 26.5. The van der Waals surface area contributed by atoms with E-state index in [2.05, 4.69) is 163 Å². The molecular weight excluding hydrogens is 544 g/mol. The van der Waals surface area contributed by atoms with E-state index >= 15 is 0 Å². The van der Waals surface area contributed by atoms with Gasteiger partial charge in [0.2, 0.25) is 0 Å². The van der Waals surface area contributed by atoms with E-state index in [-0.39, 0.29) is 0 Å². The van der Waals surface area contributed by atoms with Crippen LogP contribution in [0.5, 0.6) is 0 Å². The maximum absolute atomic E-state index is 9.39. The van der Waals surface area contributed by atoms with Gasteiger partial charge in [-0.15, -0.1) is 0 Å². The minimum Gasteiger partial charge on any atom is -0.310 e. The maximum atomic E-state index is 9.39. The Kier molecular flexibility index (Phi) is 6.56. The van der Waals surface area contributed by atoms with E-state index in [1.54, 1.807) is 0 Å². The zero-order chi connectivity index (χ0) is 30.2. The zero-order valence-electron chi connectivity index (χ0n) is 24.6. The first-order valence-electron chi connectivity index (χ1n) is 15.1. The van der Waals surface area contributed by atoms with Crippen molar-refractivity contribution >= 4 is 49.4 Å². The Labute approximate surface area is 262 Å². The van der Waals surface area contributed by atoms with E-state index in [9.17, 15) is 5.26 Å². The van der Waals surface area contributed by atoms with Crippen LogP contribution in [0.15, 0.2) is 170 Å². The van der Waals surface area contributed by atoms with Crippen molar-refractivity contribution in [2.24, 2.45) is 0 Å². The number of rotatable bonds is 5. The summed E-state index contributed by atoms with van der Waals surface area (Å²) in [4.78, 5) is 2.30. The van der Waals surface area contributed by atoms with Gasteiger partial charge in [-0.2, -0.15) is 5.26 Å². The molecule has 0 spiro atoms. The van der Waals surface area contributed by atoms with Crippen LogP contribution in [-0.4, -0.2) is 0 Å². The van der Waals surface area contributed by atoms with E-state index in [0.29, 0.717) is 5.56 Å². The molecule has 8 aromatic rings. The van der Waals surface area contributed by atoms with Gasteiger partial charge in [-0.05, 0) is 115 Å². The monoisotopic (exact) mass is 572 g/mol. The molecule has 0 unspecified atom stereocenters. The molecule has 0 saturated carbocycles. The number of hydrogen-bond acceptors (Lipinski definition) is 2. The molecule has 0 saturated heterocycles. The number of benzene rings is 8. The average molecular weight is 573 g/mol. The highest BCUT2D eigenvalue weighted by Crippen LogP contribution is 2.38. The van der Waals surface area contributed by atoms with Crippen LogP contribution in [0.3, 0.4) is 0 Å². The van der Waals surface area contributed by atoms with Crippen LogP contribution in [0.25, 0.3) is 54.6 Å². The molecule has 2 nitrogen and oxygen atoms in total. The lowest BCUT2D eigenvalue weighted by molar-refractivity contribution is 1.29. The lowest BCUT2D eigenvalue weighted by atomic mass is 10.00. The molecule has 0 amide bonds. The second kappa shape index (κ2) is 11.2. The summed E-state index contributed by atoms with van der Waals surface area (Å²) in [5.41, 5.74) is 8.63. The van der Waals surface area contributed by atoms with Gasteiger partial charge in [-0.3, -0.25) is 0 Å². The average Bonchev–Trinajstić information content (AvgIpc) is 3.11. The van der Waals surface area contributed by atoms with Crippen molar-refractivity contribution in [3.63, 3.8) is 0 Å². The third kappa shape index (κ3) is 5.07. The van der Waals surface area contributed by atoms with Crippen LogP contribution in [0, 0.1) is 11.3 Å². The van der Waals surface area contributed by atoms with E-state index in [0.717, 1.165) is 27.8 Å². The molecule has 0 aliphatic heterocycles. The molecule has 0 aliphatic carbocycles. The predicted molar refractivity (Wildman–Crippen MR) is 189 cm³/mol. The molecule has 0 N–H and O–H groups in total. The minimum absolute atomic E-state index is 0.667. The van der Waals surface area contributed by atoms with E-state index in [4.69, 9.17) is 0 Å². The Morgan fingerprint density at radius 2 is 0.733 bits per heavy atom. The normalized spacial score (nSPS) is 11.1. The Hall–Kier alpha value is -6.17. The quantitative estimate of drug-likeness (QED) is 0.205. The predicted octanol–water partition coefficient (Wildman–Crippen LogP) is 11.8. The summed E-state index contributed by atoms with van der Waals surface area (Å²) in [7, 11) is 0. The van der Waals surface area contributed by atoms with Gasteiger partial charge in [-0.25, -0.2) is 0 Å². The third-order valence-electron chi connectivity index (χ3n) is 8.63. The highest BCUT2D eigenvalue weighted by atomic mass is 15.1. The Morgan fingerprint density at radius 3 is 1.27 bits per heavy atom. The lowest BCUT2D eigenvalue weighted by Gasteiger charge is -2.26. The van der Waals surface area contributed by atoms with Crippen LogP contribution >= 0.6 is 0 Å². The van der Waals surface area contributed by atoms with Gasteiger partial charge in [0.25, 0.3) is 0 Å². The number of anilines is 3. The summed E-state index contributed by atoms with van der Waals surface area (Å²) in [5, 5.41) is 16.5. The first-order chi connectivity index (χ1) is 22.2. The number of nitrogens with zero attached hydrogens (tertiary/aromatic N) is 2. The van der Waals surface area contributed by atoms with Crippen LogP contribution in [0.4, 0.5) is 17.1 Å². The summed E-state index contributed by atoms with van der Waals surface area (Å²) in [6.45, 7) is 0. The molecule has 2 heteroatoms. The topological polar surface area (TPSA) is 27.0 Å². The Bertz CT molecular complexity index is 2260. The highest BCUT2D eigenvalue weighted by molar-refractivity contribution is 5.92. The lowest BCUT2D eigenvalue weighted by Crippen LogP contribution is -2.09. The SMILES string of the molecule is N#Cc1ccc2cc(N(c3ccc(-c4ccc5ccccc5c4)cc3)c3ccc(-c4ccc5ccccc5c4)cc3)ccc2c1. The molecule has 0 radical (unpaired) electrons. The van der Waals surface area contributed by atoms with Crippen LogP contribution < -0.4 is 4.90 Å². The van der Waals surface area contributed by atoms with E-state index in [1.807, 2.05) is 18.2 Å². The van der Waals surface area contributed by atoms with E-state index < -0.39 is 0 Å². The van der Waals surface area contributed by atoms with Gasteiger partial charge < -0.3 is 4.90 Å². The molecule has 0 fully saturated rings. The Morgan fingerprint density at radius 1 is 0.333 bits per heavy atom. The summed E-state index contributed by atoms with van der Waals surface area (Å²) < 4.78 is 0. The maximum Gasteiger partial charge on any atom is 0.0991 e. The molecule has 0 atom stereocenters. The van der Waals surface area contributed by atoms with Crippen molar-refractivity contribution in [1.29, 1.82) is 5.26 Å². The molecule has 8 rings (SSSR count). The third-order valence-corrected chi connectivity index (χ3v) is 8.63. The van der Waals surface area contributed by atoms with Gasteiger partial charge in [-0.1, -0.05) is 109 Å². The van der Waals surface area contributed by atoms with Crippen LogP contribution in [-0.2, 0) is 0 Å². The molecule has 0 aliphatic rings. The summed E-state index contributed by atoms with van der Waals surface area (Å²) >= 11 is 0. The number of fused-ring (bicyclic) bond motifs is 3. The van der Waals surface area contributed by atoms with Crippen molar-refractivity contribution < 1.29 is 0 Å². The summed E-state index contributed by atoms with van der Waals surface area (Å²) in [6, 6.07) is 62.4. The van der Waals surface area contributed by atoms with Crippen molar-refractivity contribution in [1.82, 2.24) is 0 Å². The first-order valence-corrected chi connectivity index (χ1v) is 15.1. The largest absolute Gasteiger partial charge is 0.310 e. The molecular formula is C43H28N2. The van der Waals surface area contributed by atoms with Gasteiger partial charge in [0.1, 0.15) is 0 Å². The van der Waals surface area contributed by atoms with Gasteiger partial charge in [0, 0.05) is 17.1 Å². The van der Waals surface area contributed by atoms with Crippen molar-refractivity contribution in [3.05, 3.63) is 175 Å². The molecule has 0 aromatic heterocycles. The van der Waals surface area contributed by atoms with Gasteiger partial charge in [0.15, 0.2) is 0 Å². The Balaban J connectivity index is 1.20. The van der Waals surface area contributed by atoms with Crippen molar-refractivity contribution in [2.45, 2.75) is 0 Å². The van der Waals surface area contributed by atoms with Crippen LogP contribution in [0.2, 0.25) is 0 Å². The number of nitriles is 1. The highest BCUT2D eigenvalue weighted by Gasteiger charge is 2.14. The second-order valence-corrected chi connectivity index (χ2v) is 11.4. The molecule has 210 valence electrons. The standard InChI is InChI=1S/C43H28N2/c44-29-30-9-10-40-28-43(24-19-37(40)25-30)45(41-20-15-33(16-21-41)38-13-11-31-5-1-3-7-35(31)26-38)42-22-17-34(18-23-42)39-14-12-32-6-2-4-8-36(32)27-39/h1-28H. The van der Waals surface area contributed by atoms with Crippen molar-refractivity contribution in [2.75, 3.05) is 4.90 Å². The second-order valence-electron chi connectivity index (χ2n) is 11.4. The summed E-state index contributed by atoms with van der Waals surface area (Å²) in [6.07, 6.45) is 0. The fourth-order valence-electron chi connectivity index (χ4n) is 6.23. The van der Waals surface area contributed by atoms with Crippen molar-refractivity contribution in [3.8, 4) is 28.3 Å². The molecule has 0 heterocycles. The van der Waals surface area contributed by atoms with Gasteiger partial charge >= 0.3 is 0 Å². The molecule has 45 heavy (non-hydrogen) atoms. The summed E-state index contributed by atoms with van der Waals surface area (Å²) in [5.74, 6) is 0. The zero-order valence-corrected chi connectivity index (χ0v) is 24.6. The molecule has 0 bridgehead atoms. The fraction of sp³-hybridized carbons (Fsp3) is 0. The van der Waals surface area contributed by atoms with Crippen LogP contribution in [0.1, 0.15) is 5.56 Å². The minimum atomic E-state index is 0.667. The fourth-order valence-corrected chi connectivity index (χ4v) is 6.23. The molecule has 8 aromatic carbocycles.